The maximum atomic E-state index is 12.5. The minimum Gasteiger partial charge on any atom is -0.464 e. The van der Waals surface area contributed by atoms with Gasteiger partial charge in [0, 0.05) is 12.2 Å². The van der Waals surface area contributed by atoms with E-state index in [1.807, 2.05) is 49.4 Å². The number of likely N-dealkylation sites (N-methyl/N-ethyl adjacent to an activating group) is 1. The third-order valence-electron chi connectivity index (χ3n) is 3.64. The molecule has 0 fully saturated rings. The first-order valence-electron chi connectivity index (χ1n) is 7.72. The Morgan fingerprint density at radius 1 is 1.05 bits per heavy atom. The van der Waals surface area contributed by atoms with E-state index < -0.39 is 6.04 Å². The molecule has 1 unspecified atom stereocenters. The first kappa shape index (κ1) is 16.1. The largest absolute Gasteiger partial charge is 0.464 e. The van der Waals surface area contributed by atoms with Crippen LogP contribution in [0.25, 0.3) is 0 Å². The van der Waals surface area contributed by atoms with Crippen LogP contribution in [0, 0.1) is 6.92 Å². The molecular formula is C19H23NO2. The summed E-state index contributed by atoms with van der Waals surface area (Å²) in [6.07, 6.45) is 0. The van der Waals surface area contributed by atoms with E-state index in [9.17, 15) is 4.79 Å². The fraction of sp³-hybridized carbons (Fsp3) is 0.316. The van der Waals surface area contributed by atoms with Crippen molar-refractivity contribution in [2.75, 3.05) is 18.1 Å². The van der Waals surface area contributed by atoms with Crippen LogP contribution in [0.5, 0.6) is 0 Å². The average molecular weight is 297 g/mol. The second kappa shape index (κ2) is 7.64. The normalized spacial score (nSPS) is 11.8. The van der Waals surface area contributed by atoms with Gasteiger partial charge in [-0.3, -0.25) is 0 Å². The molecule has 2 rings (SSSR count). The molecule has 0 aliphatic heterocycles. The monoisotopic (exact) mass is 297 g/mol. The van der Waals surface area contributed by atoms with Gasteiger partial charge in [0.15, 0.2) is 6.04 Å². The van der Waals surface area contributed by atoms with Crippen molar-refractivity contribution in [2.45, 2.75) is 26.8 Å². The van der Waals surface area contributed by atoms with Crippen LogP contribution in [0.15, 0.2) is 54.6 Å². The average Bonchev–Trinajstić information content (AvgIpc) is 2.54. The molecule has 3 heteroatoms. The van der Waals surface area contributed by atoms with E-state index >= 15 is 0 Å². The highest BCUT2D eigenvalue weighted by atomic mass is 16.5. The van der Waals surface area contributed by atoms with E-state index in [1.54, 1.807) is 0 Å². The Morgan fingerprint density at radius 3 is 2.23 bits per heavy atom. The zero-order valence-electron chi connectivity index (χ0n) is 13.5. The number of benzene rings is 2. The summed E-state index contributed by atoms with van der Waals surface area (Å²) in [6.45, 7) is 7.05. The van der Waals surface area contributed by atoms with Crippen molar-refractivity contribution < 1.29 is 9.53 Å². The van der Waals surface area contributed by atoms with Crippen molar-refractivity contribution in [3.8, 4) is 0 Å². The van der Waals surface area contributed by atoms with Gasteiger partial charge >= 0.3 is 5.97 Å². The van der Waals surface area contributed by atoms with Gasteiger partial charge in [0.25, 0.3) is 0 Å². The van der Waals surface area contributed by atoms with E-state index in [1.165, 1.54) is 5.56 Å². The summed E-state index contributed by atoms with van der Waals surface area (Å²) in [5.41, 5.74) is 3.17. The molecule has 0 bridgehead atoms. The lowest BCUT2D eigenvalue weighted by Gasteiger charge is -2.31. The molecule has 3 nitrogen and oxygen atoms in total. The molecule has 0 radical (unpaired) electrons. The van der Waals surface area contributed by atoms with E-state index in [0.29, 0.717) is 6.61 Å². The minimum absolute atomic E-state index is 0.212. The fourth-order valence-electron chi connectivity index (χ4n) is 2.55. The van der Waals surface area contributed by atoms with Crippen molar-refractivity contribution in [3.05, 3.63) is 65.7 Å². The predicted octanol–water partition coefficient (Wildman–Crippen LogP) is 4.13. The summed E-state index contributed by atoms with van der Waals surface area (Å²) in [6, 6.07) is 17.6. The first-order valence-corrected chi connectivity index (χ1v) is 7.72. The minimum atomic E-state index is -0.422. The van der Waals surface area contributed by atoms with Crippen LogP contribution in [0.4, 0.5) is 5.69 Å². The van der Waals surface area contributed by atoms with E-state index in [4.69, 9.17) is 4.74 Å². The Bertz CT molecular complexity index is 593. The molecule has 116 valence electrons. The van der Waals surface area contributed by atoms with Gasteiger partial charge < -0.3 is 9.64 Å². The Hall–Kier alpha value is -2.29. The second-order valence-electron chi connectivity index (χ2n) is 5.19. The number of carbonyl (C=O) groups excluding carboxylic acids is 1. The van der Waals surface area contributed by atoms with Gasteiger partial charge in [-0.25, -0.2) is 4.79 Å². The Labute approximate surface area is 132 Å². The number of anilines is 1. The molecule has 0 aliphatic carbocycles. The van der Waals surface area contributed by atoms with Gasteiger partial charge in [0.1, 0.15) is 0 Å². The van der Waals surface area contributed by atoms with Gasteiger partial charge in [-0.15, -0.1) is 0 Å². The number of esters is 1. The molecule has 0 saturated heterocycles. The van der Waals surface area contributed by atoms with Crippen molar-refractivity contribution in [1.82, 2.24) is 0 Å². The Morgan fingerprint density at radius 2 is 1.68 bits per heavy atom. The molecule has 0 heterocycles. The highest BCUT2D eigenvalue weighted by molar-refractivity contribution is 5.82. The quantitative estimate of drug-likeness (QED) is 0.751. The van der Waals surface area contributed by atoms with E-state index in [-0.39, 0.29) is 5.97 Å². The van der Waals surface area contributed by atoms with Crippen molar-refractivity contribution in [3.63, 3.8) is 0 Å². The number of aryl methyl sites for hydroxylation is 1. The van der Waals surface area contributed by atoms with E-state index in [2.05, 4.69) is 30.9 Å². The van der Waals surface area contributed by atoms with Gasteiger partial charge in [-0.2, -0.15) is 0 Å². The zero-order valence-corrected chi connectivity index (χ0v) is 13.5. The summed E-state index contributed by atoms with van der Waals surface area (Å²) in [7, 11) is 0. The Kier molecular flexibility index (Phi) is 5.59. The summed E-state index contributed by atoms with van der Waals surface area (Å²) < 4.78 is 5.31. The number of ether oxygens (including phenoxy) is 1. The number of nitrogens with zero attached hydrogens (tertiary/aromatic N) is 1. The molecule has 22 heavy (non-hydrogen) atoms. The summed E-state index contributed by atoms with van der Waals surface area (Å²) in [4.78, 5) is 14.6. The van der Waals surface area contributed by atoms with Crippen LogP contribution in [-0.4, -0.2) is 19.1 Å². The molecule has 0 amide bonds. The topological polar surface area (TPSA) is 29.5 Å². The second-order valence-corrected chi connectivity index (χ2v) is 5.19. The van der Waals surface area contributed by atoms with Crippen LogP contribution in [-0.2, 0) is 9.53 Å². The Balaban J connectivity index is 2.41. The third-order valence-corrected chi connectivity index (χ3v) is 3.64. The van der Waals surface area contributed by atoms with Crippen LogP contribution in [0.2, 0.25) is 0 Å². The van der Waals surface area contributed by atoms with E-state index in [0.717, 1.165) is 17.8 Å². The van der Waals surface area contributed by atoms with Gasteiger partial charge in [-0.1, -0.05) is 48.0 Å². The molecule has 0 N–H and O–H groups in total. The van der Waals surface area contributed by atoms with Gasteiger partial charge in [0.2, 0.25) is 0 Å². The number of rotatable bonds is 6. The highest BCUT2D eigenvalue weighted by Crippen LogP contribution is 2.28. The van der Waals surface area contributed by atoms with Crippen LogP contribution < -0.4 is 4.90 Å². The summed E-state index contributed by atoms with van der Waals surface area (Å²) in [5.74, 6) is -0.212. The number of carbonyl (C=O) groups is 1. The SMILES string of the molecule is CCOC(=O)C(c1ccccc1)N(CC)c1ccc(C)cc1. The number of hydrogen-bond donors (Lipinski definition) is 0. The van der Waals surface area contributed by atoms with Crippen molar-refractivity contribution in [1.29, 1.82) is 0 Å². The molecule has 0 spiro atoms. The molecule has 2 aromatic rings. The van der Waals surface area contributed by atoms with Crippen molar-refractivity contribution in [2.24, 2.45) is 0 Å². The first-order chi connectivity index (χ1) is 10.7. The van der Waals surface area contributed by atoms with Crippen LogP contribution >= 0.6 is 0 Å². The lowest BCUT2D eigenvalue weighted by molar-refractivity contribution is -0.144. The molecule has 0 aromatic heterocycles. The van der Waals surface area contributed by atoms with Crippen LogP contribution in [0.3, 0.4) is 0 Å². The molecule has 0 saturated carbocycles. The number of hydrogen-bond acceptors (Lipinski definition) is 3. The fourth-order valence-corrected chi connectivity index (χ4v) is 2.55. The smallest absolute Gasteiger partial charge is 0.333 e. The van der Waals surface area contributed by atoms with Crippen molar-refractivity contribution >= 4 is 11.7 Å². The third kappa shape index (κ3) is 3.67. The lowest BCUT2D eigenvalue weighted by Crippen LogP contribution is -2.35. The maximum absolute atomic E-state index is 12.5. The lowest BCUT2D eigenvalue weighted by atomic mass is 10.0. The zero-order chi connectivity index (χ0) is 15.9. The summed E-state index contributed by atoms with van der Waals surface area (Å²) >= 11 is 0. The molecular weight excluding hydrogens is 274 g/mol. The standard InChI is InChI=1S/C19H23NO2/c1-4-20(17-13-11-15(3)12-14-17)18(19(21)22-5-2)16-9-7-6-8-10-16/h6-14,18H,4-5H2,1-3H3. The predicted molar refractivity (Wildman–Crippen MR) is 90.0 cm³/mol. The molecule has 0 aliphatic rings. The molecule has 2 aromatic carbocycles. The van der Waals surface area contributed by atoms with Gasteiger partial charge in [-0.05, 0) is 38.5 Å². The maximum Gasteiger partial charge on any atom is 0.333 e. The summed E-state index contributed by atoms with van der Waals surface area (Å²) in [5, 5.41) is 0. The van der Waals surface area contributed by atoms with Gasteiger partial charge in [0.05, 0.1) is 6.61 Å². The highest BCUT2D eigenvalue weighted by Gasteiger charge is 2.28. The molecule has 1 atom stereocenters. The van der Waals surface area contributed by atoms with Crippen LogP contribution in [0.1, 0.15) is 31.0 Å².